The first kappa shape index (κ1) is 9.07. The van der Waals surface area contributed by atoms with E-state index in [4.69, 9.17) is 4.42 Å². The minimum atomic E-state index is 0.157. The number of hydrogen-bond acceptors (Lipinski definition) is 2. The smallest absolute Gasteiger partial charge is 0.124 e. The summed E-state index contributed by atoms with van der Waals surface area (Å²) >= 11 is 0. The molecular formula is C10H15NO. The van der Waals surface area contributed by atoms with Crippen molar-refractivity contribution < 1.29 is 4.42 Å². The van der Waals surface area contributed by atoms with Crippen molar-refractivity contribution in [1.29, 1.82) is 0 Å². The van der Waals surface area contributed by atoms with Crippen molar-refractivity contribution in [2.45, 2.75) is 19.9 Å². The fraction of sp³-hybridized carbons (Fsp3) is 0.400. The average molecular weight is 165 g/mol. The molecule has 2 nitrogen and oxygen atoms in total. The second kappa shape index (κ2) is 4.12. The van der Waals surface area contributed by atoms with Crippen LogP contribution in [0.3, 0.4) is 0 Å². The number of rotatable bonds is 4. The van der Waals surface area contributed by atoms with Crippen molar-refractivity contribution in [2.24, 2.45) is 0 Å². The van der Waals surface area contributed by atoms with Gasteiger partial charge in [0.15, 0.2) is 0 Å². The van der Waals surface area contributed by atoms with Gasteiger partial charge in [-0.1, -0.05) is 19.1 Å². The Kier molecular flexibility index (Phi) is 3.11. The van der Waals surface area contributed by atoms with Gasteiger partial charge in [0.1, 0.15) is 5.76 Å². The summed E-state index contributed by atoms with van der Waals surface area (Å²) in [5, 5.41) is 3.29. The van der Waals surface area contributed by atoms with Crippen LogP contribution in [0.25, 0.3) is 0 Å². The van der Waals surface area contributed by atoms with Gasteiger partial charge in [0.25, 0.3) is 0 Å². The molecule has 0 bridgehead atoms. The summed E-state index contributed by atoms with van der Waals surface area (Å²) in [5.41, 5.74) is 1.08. The van der Waals surface area contributed by atoms with Gasteiger partial charge in [0, 0.05) is 0 Å². The molecule has 0 aliphatic carbocycles. The predicted octanol–water partition coefficient (Wildman–Crippen LogP) is 2.51. The molecule has 0 amide bonds. The highest BCUT2D eigenvalue weighted by molar-refractivity contribution is 5.16. The Bertz CT molecular complexity index is 238. The largest absolute Gasteiger partial charge is 0.467 e. The van der Waals surface area contributed by atoms with E-state index in [1.807, 2.05) is 19.1 Å². The summed E-state index contributed by atoms with van der Waals surface area (Å²) < 4.78 is 5.29. The van der Waals surface area contributed by atoms with E-state index in [9.17, 15) is 0 Å². The van der Waals surface area contributed by atoms with E-state index >= 15 is 0 Å². The van der Waals surface area contributed by atoms with Gasteiger partial charge in [-0.2, -0.15) is 0 Å². The lowest BCUT2D eigenvalue weighted by Gasteiger charge is -2.14. The predicted molar refractivity (Wildman–Crippen MR) is 49.9 cm³/mol. The first-order valence-electron chi connectivity index (χ1n) is 4.18. The summed E-state index contributed by atoms with van der Waals surface area (Å²) in [7, 11) is 0. The maximum absolute atomic E-state index is 5.29. The standard InChI is InChI=1S/C10H15NO/c1-4-11-10(8(2)3)9-6-5-7-12-9/h5-7,10-11H,2,4H2,1,3H3. The van der Waals surface area contributed by atoms with Crippen LogP contribution in [0.4, 0.5) is 0 Å². The van der Waals surface area contributed by atoms with Crippen LogP contribution in [-0.4, -0.2) is 6.54 Å². The first-order chi connectivity index (χ1) is 5.75. The topological polar surface area (TPSA) is 25.2 Å². The van der Waals surface area contributed by atoms with Crippen LogP contribution in [0.2, 0.25) is 0 Å². The van der Waals surface area contributed by atoms with Crippen molar-refractivity contribution in [1.82, 2.24) is 5.32 Å². The maximum atomic E-state index is 5.29. The van der Waals surface area contributed by atoms with E-state index in [0.717, 1.165) is 17.9 Å². The molecule has 0 spiro atoms. The van der Waals surface area contributed by atoms with Gasteiger partial charge < -0.3 is 9.73 Å². The van der Waals surface area contributed by atoms with Gasteiger partial charge in [-0.05, 0) is 25.6 Å². The van der Waals surface area contributed by atoms with Crippen LogP contribution < -0.4 is 5.32 Å². The monoisotopic (exact) mass is 165 g/mol. The summed E-state index contributed by atoms with van der Waals surface area (Å²) in [6, 6.07) is 4.01. The second-order valence-electron chi connectivity index (χ2n) is 2.85. The van der Waals surface area contributed by atoms with E-state index in [1.54, 1.807) is 6.26 Å². The van der Waals surface area contributed by atoms with E-state index in [1.165, 1.54) is 0 Å². The number of furan rings is 1. The van der Waals surface area contributed by atoms with Gasteiger partial charge in [-0.25, -0.2) is 0 Å². The molecule has 0 radical (unpaired) electrons. The Morgan fingerprint density at radius 2 is 2.50 bits per heavy atom. The number of hydrogen-bond donors (Lipinski definition) is 1. The normalized spacial score (nSPS) is 12.8. The quantitative estimate of drug-likeness (QED) is 0.693. The highest BCUT2D eigenvalue weighted by Crippen LogP contribution is 2.19. The van der Waals surface area contributed by atoms with Gasteiger partial charge >= 0.3 is 0 Å². The summed E-state index contributed by atoms with van der Waals surface area (Å²) in [5.74, 6) is 0.935. The van der Waals surface area contributed by atoms with Gasteiger partial charge in [-0.15, -0.1) is 0 Å². The third-order valence-corrected chi connectivity index (χ3v) is 1.73. The maximum Gasteiger partial charge on any atom is 0.124 e. The molecule has 0 saturated heterocycles. The lowest BCUT2D eigenvalue weighted by Crippen LogP contribution is -2.20. The van der Waals surface area contributed by atoms with Crippen LogP contribution >= 0.6 is 0 Å². The zero-order valence-electron chi connectivity index (χ0n) is 7.63. The Balaban J connectivity index is 2.73. The minimum absolute atomic E-state index is 0.157. The van der Waals surface area contributed by atoms with Crippen LogP contribution in [-0.2, 0) is 0 Å². The Morgan fingerprint density at radius 1 is 1.75 bits per heavy atom. The molecule has 2 heteroatoms. The number of likely N-dealkylation sites (N-methyl/N-ethyl adjacent to an activating group) is 1. The van der Waals surface area contributed by atoms with E-state index in [2.05, 4.69) is 18.8 Å². The van der Waals surface area contributed by atoms with Crippen molar-refractivity contribution >= 4 is 0 Å². The second-order valence-corrected chi connectivity index (χ2v) is 2.85. The molecule has 0 saturated carbocycles. The fourth-order valence-electron chi connectivity index (χ4n) is 1.18. The Hall–Kier alpha value is -1.02. The van der Waals surface area contributed by atoms with Crippen molar-refractivity contribution in [2.75, 3.05) is 6.54 Å². The summed E-state index contributed by atoms with van der Waals surface area (Å²) in [6.45, 7) is 8.89. The summed E-state index contributed by atoms with van der Waals surface area (Å²) in [6.07, 6.45) is 1.68. The zero-order valence-corrected chi connectivity index (χ0v) is 7.63. The molecule has 1 aromatic heterocycles. The molecule has 66 valence electrons. The summed E-state index contributed by atoms with van der Waals surface area (Å²) in [4.78, 5) is 0. The molecule has 12 heavy (non-hydrogen) atoms. The Labute approximate surface area is 73.3 Å². The molecule has 0 fully saturated rings. The molecule has 0 aromatic carbocycles. The molecule has 0 aliphatic rings. The van der Waals surface area contributed by atoms with Gasteiger partial charge in [0.05, 0.1) is 12.3 Å². The molecule has 0 aliphatic heterocycles. The highest BCUT2D eigenvalue weighted by atomic mass is 16.3. The van der Waals surface area contributed by atoms with Crippen LogP contribution in [0.1, 0.15) is 25.6 Å². The molecule has 1 aromatic rings. The fourth-order valence-corrected chi connectivity index (χ4v) is 1.18. The first-order valence-corrected chi connectivity index (χ1v) is 4.18. The Morgan fingerprint density at radius 3 is 2.92 bits per heavy atom. The average Bonchev–Trinajstić information content (AvgIpc) is 2.51. The van der Waals surface area contributed by atoms with E-state index < -0.39 is 0 Å². The van der Waals surface area contributed by atoms with E-state index in [0.29, 0.717) is 0 Å². The van der Waals surface area contributed by atoms with Crippen molar-refractivity contribution in [3.8, 4) is 0 Å². The lowest BCUT2D eigenvalue weighted by molar-refractivity contribution is 0.449. The molecule has 1 rings (SSSR count). The molecule has 1 N–H and O–H groups in total. The molecule has 1 heterocycles. The SMILES string of the molecule is C=C(C)C(NCC)c1ccco1. The zero-order chi connectivity index (χ0) is 8.97. The molecule has 1 unspecified atom stereocenters. The minimum Gasteiger partial charge on any atom is -0.467 e. The van der Waals surface area contributed by atoms with Crippen molar-refractivity contribution in [3.05, 3.63) is 36.3 Å². The highest BCUT2D eigenvalue weighted by Gasteiger charge is 2.12. The lowest BCUT2D eigenvalue weighted by atomic mass is 10.1. The van der Waals surface area contributed by atoms with Crippen LogP contribution in [0.15, 0.2) is 35.0 Å². The van der Waals surface area contributed by atoms with Gasteiger partial charge in [0.2, 0.25) is 0 Å². The van der Waals surface area contributed by atoms with Crippen LogP contribution in [0.5, 0.6) is 0 Å². The van der Waals surface area contributed by atoms with Crippen molar-refractivity contribution in [3.63, 3.8) is 0 Å². The third-order valence-electron chi connectivity index (χ3n) is 1.73. The van der Waals surface area contributed by atoms with Crippen LogP contribution in [0, 0.1) is 0 Å². The molecule has 1 atom stereocenters. The third kappa shape index (κ3) is 1.98. The van der Waals surface area contributed by atoms with E-state index in [-0.39, 0.29) is 6.04 Å². The number of nitrogens with one attached hydrogen (secondary N) is 1. The van der Waals surface area contributed by atoms with Gasteiger partial charge in [-0.3, -0.25) is 0 Å². The molecular weight excluding hydrogens is 150 g/mol.